The monoisotopic (exact) mass is 326 g/mol. The van der Waals surface area contributed by atoms with Gasteiger partial charge < -0.3 is 10.6 Å². The van der Waals surface area contributed by atoms with Gasteiger partial charge in [-0.05, 0) is 30.8 Å². The zero-order chi connectivity index (χ0) is 16.9. The number of aromatic nitrogens is 4. The topological polar surface area (TPSA) is 83.7 Å². The molecule has 0 bridgehead atoms. The minimum absolute atomic E-state index is 0.259. The smallest absolute Gasteiger partial charge is 0.132 e. The van der Waals surface area contributed by atoms with Crippen LogP contribution in [0.25, 0.3) is 11.3 Å². The highest BCUT2D eigenvalue weighted by Gasteiger charge is 2.12. The van der Waals surface area contributed by atoms with Gasteiger partial charge in [0.2, 0.25) is 0 Å². The first kappa shape index (κ1) is 16.1. The van der Waals surface area contributed by atoms with Crippen LogP contribution in [0.2, 0.25) is 0 Å². The Morgan fingerprint density at radius 1 is 1.21 bits per heavy atom. The van der Waals surface area contributed by atoms with Gasteiger partial charge in [-0.1, -0.05) is 0 Å². The van der Waals surface area contributed by atoms with Crippen LogP contribution in [0.15, 0.2) is 42.9 Å². The predicted octanol–water partition coefficient (Wildman–Crippen LogP) is 2.14. The molecule has 1 aromatic carbocycles. The first-order chi connectivity index (χ1) is 11.7. The molecule has 0 unspecified atom stereocenters. The fourth-order valence-electron chi connectivity index (χ4n) is 2.51. The Hall–Kier alpha value is -2.80. The zero-order valence-corrected chi connectivity index (χ0v) is 13.4. The van der Waals surface area contributed by atoms with Crippen LogP contribution in [-0.4, -0.2) is 33.8 Å². The van der Waals surface area contributed by atoms with Crippen molar-refractivity contribution in [1.29, 1.82) is 0 Å². The van der Waals surface area contributed by atoms with E-state index < -0.39 is 0 Å². The fraction of sp³-hybridized carbons (Fsp3) is 0.235. The Labute approximate surface area is 139 Å². The molecule has 0 fully saturated rings. The molecule has 0 aliphatic carbocycles. The van der Waals surface area contributed by atoms with Crippen molar-refractivity contribution >= 4 is 5.82 Å². The maximum Gasteiger partial charge on any atom is 0.132 e. The van der Waals surface area contributed by atoms with E-state index in [9.17, 15) is 4.39 Å². The number of anilines is 1. The normalized spacial score (nSPS) is 10.8. The maximum absolute atomic E-state index is 13.1. The lowest BCUT2D eigenvalue weighted by Gasteiger charge is -2.18. The van der Waals surface area contributed by atoms with Gasteiger partial charge in [0.05, 0.1) is 11.9 Å². The second-order valence-electron chi connectivity index (χ2n) is 5.54. The van der Waals surface area contributed by atoms with Gasteiger partial charge in [-0.25, -0.2) is 14.4 Å². The molecule has 0 radical (unpaired) electrons. The largest absolute Gasteiger partial charge is 0.355 e. The molecule has 6 nitrogen and oxygen atoms in total. The van der Waals surface area contributed by atoms with Crippen LogP contribution in [0, 0.1) is 5.82 Å². The van der Waals surface area contributed by atoms with Crippen LogP contribution in [0.3, 0.4) is 0 Å². The molecule has 124 valence electrons. The molecule has 3 aromatic rings. The summed E-state index contributed by atoms with van der Waals surface area (Å²) < 4.78 is 13.1. The number of aromatic amines is 1. The Morgan fingerprint density at radius 3 is 2.75 bits per heavy atom. The molecule has 0 atom stereocenters. The van der Waals surface area contributed by atoms with Crippen LogP contribution >= 0.6 is 0 Å². The van der Waals surface area contributed by atoms with E-state index in [4.69, 9.17) is 5.73 Å². The summed E-state index contributed by atoms with van der Waals surface area (Å²) in [6.07, 6.45) is 4.04. The van der Waals surface area contributed by atoms with Crippen LogP contribution in [0.4, 0.5) is 10.2 Å². The van der Waals surface area contributed by atoms with Crippen molar-refractivity contribution in [2.75, 3.05) is 18.5 Å². The molecule has 7 heteroatoms. The molecule has 24 heavy (non-hydrogen) atoms. The lowest BCUT2D eigenvalue weighted by atomic mass is 10.1. The summed E-state index contributed by atoms with van der Waals surface area (Å²) in [5, 5.41) is 7.10. The molecule has 2 aromatic heterocycles. The first-order valence-corrected chi connectivity index (χ1v) is 7.67. The minimum Gasteiger partial charge on any atom is -0.355 e. The predicted molar refractivity (Wildman–Crippen MR) is 90.9 cm³/mol. The number of benzene rings is 1. The van der Waals surface area contributed by atoms with Crippen molar-refractivity contribution in [3.05, 3.63) is 59.9 Å². The second-order valence-corrected chi connectivity index (χ2v) is 5.54. The lowest BCUT2D eigenvalue weighted by Crippen LogP contribution is -2.18. The van der Waals surface area contributed by atoms with Crippen molar-refractivity contribution < 1.29 is 4.39 Å². The minimum atomic E-state index is -0.259. The van der Waals surface area contributed by atoms with Crippen LogP contribution in [-0.2, 0) is 13.0 Å². The first-order valence-electron chi connectivity index (χ1n) is 7.67. The molecular weight excluding hydrogens is 307 g/mol. The van der Waals surface area contributed by atoms with E-state index in [0.717, 1.165) is 34.8 Å². The van der Waals surface area contributed by atoms with Crippen molar-refractivity contribution in [3.63, 3.8) is 0 Å². The van der Waals surface area contributed by atoms with Gasteiger partial charge in [0.15, 0.2) is 0 Å². The molecule has 3 rings (SSSR count). The molecule has 0 aliphatic heterocycles. The second kappa shape index (κ2) is 7.18. The number of hydrogen-bond acceptors (Lipinski definition) is 5. The van der Waals surface area contributed by atoms with E-state index in [1.807, 2.05) is 18.0 Å². The molecular formula is C17H19FN6. The Balaban J connectivity index is 1.80. The summed E-state index contributed by atoms with van der Waals surface area (Å²) in [7, 11) is 1.95. The third-order valence-corrected chi connectivity index (χ3v) is 3.76. The Kier molecular flexibility index (Phi) is 4.81. The average molecular weight is 326 g/mol. The van der Waals surface area contributed by atoms with Crippen LogP contribution < -0.4 is 10.6 Å². The van der Waals surface area contributed by atoms with Gasteiger partial charge in [-0.3, -0.25) is 5.10 Å². The summed E-state index contributed by atoms with van der Waals surface area (Å²) in [4.78, 5) is 10.5. The van der Waals surface area contributed by atoms with E-state index in [0.29, 0.717) is 13.1 Å². The van der Waals surface area contributed by atoms with Gasteiger partial charge in [-0.2, -0.15) is 5.10 Å². The van der Waals surface area contributed by atoms with Crippen molar-refractivity contribution in [1.82, 2.24) is 20.2 Å². The number of nitrogens with two attached hydrogens (primary N) is 1. The number of nitrogens with zero attached hydrogens (tertiary/aromatic N) is 4. The summed E-state index contributed by atoms with van der Waals surface area (Å²) in [6.45, 7) is 1.17. The fourth-order valence-corrected chi connectivity index (χ4v) is 2.51. The van der Waals surface area contributed by atoms with Crippen LogP contribution in [0.1, 0.15) is 11.3 Å². The summed E-state index contributed by atoms with van der Waals surface area (Å²) >= 11 is 0. The highest BCUT2D eigenvalue weighted by atomic mass is 19.1. The van der Waals surface area contributed by atoms with Crippen molar-refractivity contribution in [2.45, 2.75) is 13.0 Å². The average Bonchev–Trinajstić information content (AvgIpc) is 3.04. The van der Waals surface area contributed by atoms with E-state index in [-0.39, 0.29) is 5.82 Å². The molecule has 3 N–H and O–H groups in total. The van der Waals surface area contributed by atoms with E-state index in [2.05, 4.69) is 20.2 Å². The van der Waals surface area contributed by atoms with Gasteiger partial charge >= 0.3 is 0 Å². The lowest BCUT2D eigenvalue weighted by molar-refractivity contribution is 0.628. The highest BCUT2D eigenvalue weighted by Crippen LogP contribution is 2.23. The number of halogens is 1. The SMILES string of the molecule is CN(Cc1cn[nH]c1-c1ccc(F)cc1)c1cc(CCN)ncn1. The molecule has 0 aliphatic rings. The quantitative estimate of drug-likeness (QED) is 0.725. The third-order valence-electron chi connectivity index (χ3n) is 3.76. The van der Waals surface area contributed by atoms with Crippen molar-refractivity contribution in [3.8, 4) is 11.3 Å². The van der Waals surface area contributed by atoms with E-state index >= 15 is 0 Å². The number of rotatable bonds is 6. The number of nitrogens with one attached hydrogen (secondary N) is 1. The number of hydrogen-bond donors (Lipinski definition) is 2. The Morgan fingerprint density at radius 2 is 2.00 bits per heavy atom. The highest BCUT2D eigenvalue weighted by molar-refractivity contribution is 5.63. The zero-order valence-electron chi connectivity index (χ0n) is 13.4. The number of H-pyrrole nitrogens is 1. The molecule has 0 saturated carbocycles. The summed E-state index contributed by atoms with van der Waals surface area (Å²) in [6, 6.07) is 8.28. The molecule has 0 spiro atoms. The standard InChI is InChI=1S/C17H19FN6/c1-24(16-8-15(6-7-19)20-11-21-16)10-13-9-22-23-17(13)12-2-4-14(18)5-3-12/h2-5,8-9,11H,6-7,10,19H2,1H3,(H,22,23). The van der Waals surface area contributed by atoms with Crippen LogP contribution in [0.5, 0.6) is 0 Å². The van der Waals surface area contributed by atoms with E-state index in [1.54, 1.807) is 24.7 Å². The third kappa shape index (κ3) is 3.57. The summed E-state index contributed by atoms with van der Waals surface area (Å²) in [5.41, 5.74) is 9.26. The molecule has 0 amide bonds. The van der Waals surface area contributed by atoms with Gasteiger partial charge in [0, 0.05) is 42.9 Å². The Bertz CT molecular complexity index is 799. The van der Waals surface area contributed by atoms with Gasteiger partial charge in [0.25, 0.3) is 0 Å². The maximum atomic E-state index is 13.1. The molecule has 2 heterocycles. The summed E-state index contributed by atoms with van der Waals surface area (Å²) in [5.74, 6) is 0.560. The van der Waals surface area contributed by atoms with Gasteiger partial charge in [0.1, 0.15) is 18.0 Å². The molecule has 0 saturated heterocycles. The van der Waals surface area contributed by atoms with Gasteiger partial charge in [-0.15, -0.1) is 0 Å². The van der Waals surface area contributed by atoms with E-state index in [1.165, 1.54) is 12.1 Å². The van der Waals surface area contributed by atoms with Crippen molar-refractivity contribution in [2.24, 2.45) is 5.73 Å².